The maximum atomic E-state index is 11.3. The molecule has 2 aromatic carbocycles. The Hall–Kier alpha value is -3.88. The van der Waals surface area contributed by atoms with Crippen LogP contribution in [0, 0.1) is 11.8 Å². The van der Waals surface area contributed by atoms with Crippen molar-refractivity contribution >= 4 is 5.97 Å². The number of aryl methyl sites for hydroxylation is 1. The molecule has 0 bridgehead atoms. The summed E-state index contributed by atoms with van der Waals surface area (Å²) in [5, 5.41) is 28.7. The number of tetrazole rings is 1. The van der Waals surface area contributed by atoms with Crippen LogP contribution in [-0.4, -0.2) is 46.5 Å². The van der Waals surface area contributed by atoms with E-state index in [0.29, 0.717) is 24.2 Å². The van der Waals surface area contributed by atoms with Gasteiger partial charge < -0.3 is 5.11 Å². The van der Waals surface area contributed by atoms with E-state index >= 15 is 0 Å². The topological polar surface area (TPSA) is 122 Å². The maximum absolute atomic E-state index is 11.3. The first-order valence-electron chi connectivity index (χ1n) is 13.6. The molecule has 1 aliphatic rings. The molecule has 1 aliphatic carbocycles. The molecule has 9 heteroatoms. The summed E-state index contributed by atoms with van der Waals surface area (Å²) in [6.45, 7) is 5.00. The van der Waals surface area contributed by atoms with Crippen LogP contribution >= 0.6 is 0 Å². The van der Waals surface area contributed by atoms with Crippen LogP contribution in [0.25, 0.3) is 22.5 Å². The Bertz CT molecular complexity index is 1340. The molecule has 0 radical (unpaired) electrons. The van der Waals surface area contributed by atoms with E-state index in [1.54, 1.807) is 0 Å². The second-order valence-corrected chi connectivity index (χ2v) is 10.4. The number of hydrogen-bond donors (Lipinski definition) is 2. The first-order valence-corrected chi connectivity index (χ1v) is 13.6. The van der Waals surface area contributed by atoms with Crippen LogP contribution in [0.4, 0.5) is 0 Å². The molecule has 0 saturated heterocycles. The average molecular weight is 514 g/mol. The van der Waals surface area contributed by atoms with Gasteiger partial charge in [-0.1, -0.05) is 62.4 Å². The highest BCUT2D eigenvalue weighted by Gasteiger charge is 2.26. The first kappa shape index (κ1) is 25.8. The molecule has 1 fully saturated rings. The lowest BCUT2D eigenvalue weighted by atomic mass is 9.80. The smallest absolute Gasteiger partial charge is 0.306 e. The fourth-order valence-electron chi connectivity index (χ4n) is 5.30. The summed E-state index contributed by atoms with van der Waals surface area (Å²) in [6, 6.07) is 16.6. The SMILES string of the molecule is CCC(C)c1nc(CCC2CCC(C(=O)O)CC2)n(Cc2ccc(-c3ccccc3-c3nn[nH]n3)cc2)n1. The molecule has 38 heavy (non-hydrogen) atoms. The van der Waals surface area contributed by atoms with Crippen LogP contribution in [0.15, 0.2) is 48.5 Å². The summed E-state index contributed by atoms with van der Waals surface area (Å²) in [6.07, 6.45) is 6.42. The van der Waals surface area contributed by atoms with E-state index in [4.69, 9.17) is 10.1 Å². The van der Waals surface area contributed by atoms with Crippen molar-refractivity contribution in [3.63, 3.8) is 0 Å². The summed E-state index contributed by atoms with van der Waals surface area (Å²) in [4.78, 5) is 16.2. The fraction of sp³-hybridized carbons (Fsp3) is 0.448. The molecule has 5 rings (SSSR count). The molecular formula is C29H35N7O2. The molecule has 0 amide bonds. The van der Waals surface area contributed by atoms with Gasteiger partial charge in [-0.25, -0.2) is 9.67 Å². The van der Waals surface area contributed by atoms with Crippen molar-refractivity contribution in [3.05, 3.63) is 65.7 Å². The predicted molar refractivity (Wildman–Crippen MR) is 144 cm³/mol. The lowest BCUT2D eigenvalue weighted by molar-refractivity contribution is -0.143. The number of nitrogens with one attached hydrogen (secondary N) is 1. The van der Waals surface area contributed by atoms with E-state index in [-0.39, 0.29) is 5.92 Å². The number of carbonyl (C=O) groups is 1. The normalized spacial score (nSPS) is 18.4. The standard InChI is InChI=1S/C29H35N7O2/c1-3-19(2)27-30-26(17-12-20-8-15-23(16-9-20)29(37)38)36(33-27)18-21-10-13-22(14-11-21)24-6-4-5-7-25(24)28-31-34-35-32-28/h4-7,10-11,13-14,19-20,23H,3,8-9,12,15-18H2,1-2H3,(H,37,38)(H,31,32,34,35). The van der Waals surface area contributed by atoms with E-state index in [1.807, 2.05) is 18.2 Å². The predicted octanol–water partition coefficient (Wildman–Crippen LogP) is 5.51. The molecule has 2 heterocycles. The van der Waals surface area contributed by atoms with E-state index in [9.17, 15) is 9.90 Å². The van der Waals surface area contributed by atoms with Crippen molar-refractivity contribution in [1.29, 1.82) is 0 Å². The Labute approximate surface area is 222 Å². The minimum Gasteiger partial charge on any atom is -0.481 e. The van der Waals surface area contributed by atoms with Gasteiger partial charge in [-0.15, -0.1) is 10.2 Å². The quantitative estimate of drug-likeness (QED) is 0.287. The Morgan fingerprint density at radius 1 is 1.08 bits per heavy atom. The molecule has 0 aliphatic heterocycles. The van der Waals surface area contributed by atoms with Gasteiger partial charge in [0.15, 0.2) is 5.82 Å². The number of aromatic nitrogens is 7. The zero-order valence-electron chi connectivity index (χ0n) is 22.0. The molecule has 198 valence electrons. The van der Waals surface area contributed by atoms with E-state index in [1.165, 1.54) is 0 Å². The second-order valence-electron chi connectivity index (χ2n) is 10.4. The minimum absolute atomic E-state index is 0.172. The van der Waals surface area contributed by atoms with Gasteiger partial charge in [-0.2, -0.15) is 10.3 Å². The highest BCUT2D eigenvalue weighted by Crippen LogP contribution is 2.32. The van der Waals surface area contributed by atoms with Crippen molar-refractivity contribution in [2.45, 2.75) is 71.3 Å². The monoisotopic (exact) mass is 513 g/mol. The molecule has 1 atom stereocenters. The summed E-state index contributed by atoms with van der Waals surface area (Å²) in [5.74, 6) is 2.55. The van der Waals surface area contributed by atoms with Crippen LogP contribution < -0.4 is 0 Å². The number of carboxylic acids is 1. The third-order valence-electron chi connectivity index (χ3n) is 7.90. The second kappa shape index (κ2) is 11.7. The highest BCUT2D eigenvalue weighted by molar-refractivity contribution is 5.80. The van der Waals surface area contributed by atoms with Crippen LogP contribution in [0.5, 0.6) is 0 Å². The van der Waals surface area contributed by atoms with Crippen LogP contribution in [0.2, 0.25) is 0 Å². The number of rotatable bonds is 10. The van der Waals surface area contributed by atoms with Crippen molar-refractivity contribution in [3.8, 4) is 22.5 Å². The minimum atomic E-state index is -0.647. The Balaban J connectivity index is 1.31. The third kappa shape index (κ3) is 5.82. The van der Waals surface area contributed by atoms with Gasteiger partial charge in [0.25, 0.3) is 0 Å². The number of hydrogen-bond acceptors (Lipinski definition) is 6. The molecule has 2 aromatic heterocycles. The Morgan fingerprint density at radius 3 is 2.47 bits per heavy atom. The Kier molecular flexibility index (Phi) is 7.91. The molecule has 9 nitrogen and oxygen atoms in total. The summed E-state index contributed by atoms with van der Waals surface area (Å²) < 4.78 is 2.06. The van der Waals surface area contributed by atoms with Gasteiger partial charge in [-0.3, -0.25) is 4.79 Å². The van der Waals surface area contributed by atoms with E-state index in [0.717, 1.165) is 78.8 Å². The van der Waals surface area contributed by atoms with Gasteiger partial charge in [0, 0.05) is 17.9 Å². The third-order valence-corrected chi connectivity index (χ3v) is 7.90. The van der Waals surface area contributed by atoms with Crippen molar-refractivity contribution in [2.24, 2.45) is 11.8 Å². The first-order chi connectivity index (χ1) is 18.5. The highest BCUT2D eigenvalue weighted by atomic mass is 16.4. The molecule has 1 saturated carbocycles. The zero-order chi connectivity index (χ0) is 26.5. The van der Waals surface area contributed by atoms with Gasteiger partial charge in [-0.05, 0) is 66.3 Å². The summed E-state index contributed by atoms with van der Waals surface area (Å²) in [5.41, 5.74) is 4.24. The lowest BCUT2D eigenvalue weighted by Gasteiger charge is -2.25. The zero-order valence-corrected chi connectivity index (χ0v) is 22.0. The number of aliphatic carboxylic acids is 1. The maximum Gasteiger partial charge on any atom is 0.306 e. The van der Waals surface area contributed by atoms with Crippen molar-refractivity contribution < 1.29 is 9.90 Å². The van der Waals surface area contributed by atoms with Crippen molar-refractivity contribution in [2.75, 3.05) is 0 Å². The van der Waals surface area contributed by atoms with Gasteiger partial charge in [0.1, 0.15) is 5.82 Å². The number of benzene rings is 2. The molecule has 1 unspecified atom stereocenters. The number of nitrogens with zero attached hydrogens (tertiary/aromatic N) is 6. The average Bonchev–Trinajstić information content (AvgIpc) is 3.63. The van der Waals surface area contributed by atoms with Crippen molar-refractivity contribution in [1.82, 2.24) is 35.4 Å². The lowest BCUT2D eigenvalue weighted by Crippen LogP contribution is -2.22. The number of carboxylic acid groups (broad SMARTS) is 1. The largest absolute Gasteiger partial charge is 0.481 e. The molecular weight excluding hydrogens is 478 g/mol. The summed E-state index contributed by atoms with van der Waals surface area (Å²) in [7, 11) is 0. The molecule has 0 spiro atoms. The van der Waals surface area contributed by atoms with Gasteiger partial charge >= 0.3 is 5.97 Å². The number of aromatic amines is 1. The number of H-pyrrole nitrogens is 1. The van der Waals surface area contributed by atoms with Gasteiger partial charge in [0.2, 0.25) is 5.82 Å². The molecule has 4 aromatic rings. The summed E-state index contributed by atoms with van der Waals surface area (Å²) >= 11 is 0. The molecule has 2 N–H and O–H groups in total. The van der Waals surface area contributed by atoms with E-state index < -0.39 is 5.97 Å². The van der Waals surface area contributed by atoms with Crippen LogP contribution in [0.1, 0.15) is 75.5 Å². The van der Waals surface area contributed by atoms with E-state index in [2.05, 4.69) is 69.5 Å². The Morgan fingerprint density at radius 2 is 1.82 bits per heavy atom. The van der Waals surface area contributed by atoms with Crippen LogP contribution in [-0.2, 0) is 17.8 Å². The van der Waals surface area contributed by atoms with Gasteiger partial charge in [0.05, 0.1) is 12.5 Å². The fourth-order valence-corrected chi connectivity index (χ4v) is 5.30. The van der Waals surface area contributed by atoms with Crippen LogP contribution in [0.3, 0.4) is 0 Å².